The predicted molar refractivity (Wildman–Crippen MR) is 102 cm³/mol. The number of piperidine rings is 1. The van der Waals surface area contributed by atoms with Gasteiger partial charge in [-0.15, -0.1) is 11.3 Å². The van der Waals surface area contributed by atoms with Crippen LogP contribution in [0.4, 0.5) is 0 Å². The quantitative estimate of drug-likeness (QED) is 0.576. The van der Waals surface area contributed by atoms with Gasteiger partial charge >= 0.3 is 0 Å². The van der Waals surface area contributed by atoms with Crippen molar-refractivity contribution < 1.29 is 4.79 Å². The molecule has 0 spiro atoms. The fraction of sp³-hybridized carbons (Fsp3) is 0.278. The van der Waals surface area contributed by atoms with Gasteiger partial charge in [0.25, 0.3) is 5.91 Å². The molecule has 1 fully saturated rings. The molecule has 0 atom stereocenters. The van der Waals surface area contributed by atoms with Crippen LogP contribution in [0.15, 0.2) is 36.5 Å². The number of hydrogen-bond donors (Lipinski definition) is 0. The Hall–Kier alpha value is -1.69. The lowest BCUT2D eigenvalue weighted by Gasteiger charge is -2.31. The second-order valence-corrected chi connectivity index (χ2v) is 7.91. The van der Waals surface area contributed by atoms with Gasteiger partial charge in [-0.1, -0.05) is 35.3 Å². The molecule has 0 bridgehead atoms. The first-order chi connectivity index (χ1) is 12.1. The van der Waals surface area contributed by atoms with E-state index in [1.807, 2.05) is 23.1 Å². The number of nitrogens with zero attached hydrogens (tertiary/aromatic N) is 3. The van der Waals surface area contributed by atoms with Crippen molar-refractivity contribution in [3.63, 3.8) is 0 Å². The first-order valence-corrected chi connectivity index (χ1v) is 9.65. The van der Waals surface area contributed by atoms with Crippen LogP contribution >= 0.6 is 34.5 Å². The monoisotopic (exact) mass is 391 g/mol. The Bertz CT molecular complexity index is 902. The van der Waals surface area contributed by atoms with Crippen molar-refractivity contribution >= 4 is 50.7 Å². The zero-order valence-electron chi connectivity index (χ0n) is 13.3. The van der Waals surface area contributed by atoms with Crippen molar-refractivity contribution in [1.82, 2.24) is 14.9 Å². The second-order valence-electron chi connectivity index (χ2n) is 6.08. The van der Waals surface area contributed by atoms with Gasteiger partial charge in [0.2, 0.25) is 0 Å². The van der Waals surface area contributed by atoms with Crippen LogP contribution in [0.1, 0.15) is 34.1 Å². The van der Waals surface area contributed by atoms with E-state index in [1.54, 1.807) is 17.4 Å². The molecule has 1 aromatic carbocycles. The van der Waals surface area contributed by atoms with Crippen molar-refractivity contribution in [2.45, 2.75) is 18.8 Å². The lowest BCUT2D eigenvalue weighted by Crippen LogP contribution is -2.38. The number of aromatic nitrogens is 2. The van der Waals surface area contributed by atoms with E-state index in [1.165, 1.54) is 15.9 Å². The van der Waals surface area contributed by atoms with Crippen LogP contribution in [0.2, 0.25) is 10.2 Å². The number of fused-ring (bicyclic) bond motifs is 1. The smallest absolute Gasteiger partial charge is 0.255 e. The van der Waals surface area contributed by atoms with Crippen molar-refractivity contribution in [3.05, 3.63) is 57.3 Å². The van der Waals surface area contributed by atoms with Crippen LogP contribution in [0, 0.1) is 0 Å². The Morgan fingerprint density at radius 3 is 2.68 bits per heavy atom. The van der Waals surface area contributed by atoms with Crippen molar-refractivity contribution in [3.8, 4) is 0 Å². The molecule has 0 N–H and O–H groups in total. The molecule has 1 aliphatic heterocycles. The number of carbonyl (C=O) groups is 1. The van der Waals surface area contributed by atoms with E-state index < -0.39 is 0 Å². The maximum absolute atomic E-state index is 12.6. The molecule has 0 radical (unpaired) electrons. The third-order valence-electron chi connectivity index (χ3n) is 4.49. The Morgan fingerprint density at radius 2 is 1.96 bits per heavy atom. The van der Waals surface area contributed by atoms with E-state index in [-0.39, 0.29) is 11.1 Å². The Labute approximate surface area is 159 Å². The van der Waals surface area contributed by atoms with Gasteiger partial charge in [-0.2, -0.15) is 0 Å². The van der Waals surface area contributed by atoms with Gasteiger partial charge in [0.1, 0.15) is 5.15 Å². The van der Waals surface area contributed by atoms with Crippen LogP contribution in [0.3, 0.4) is 0 Å². The highest BCUT2D eigenvalue weighted by Crippen LogP contribution is 2.34. The largest absolute Gasteiger partial charge is 0.339 e. The number of carbonyl (C=O) groups excluding carboxylic acids is 1. The van der Waals surface area contributed by atoms with Crippen molar-refractivity contribution in [1.29, 1.82) is 0 Å². The minimum Gasteiger partial charge on any atom is -0.339 e. The fourth-order valence-electron chi connectivity index (χ4n) is 3.11. The number of para-hydroxylation sites is 1. The van der Waals surface area contributed by atoms with Gasteiger partial charge in [0, 0.05) is 25.2 Å². The SMILES string of the molecule is O=C(c1cnc(Cl)c(Cl)c1)N1CCC(c2nc3ccccc3s2)CC1. The van der Waals surface area contributed by atoms with Gasteiger partial charge in [0.05, 0.1) is 25.8 Å². The van der Waals surface area contributed by atoms with E-state index >= 15 is 0 Å². The highest BCUT2D eigenvalue weighted by molar-refractivity contribution is 7.18. The number of thiazole rings is 1. The Kier molecular flexibility index (Phi) is 4.63. The van der Waals surface area contributed by atoms with Gasteiger partial charge in [-0.05, 0) is 31.0 Å². The molecule has 128 valence electrons. The number of halogens is 2. The minimum absolute atomic E-state index is 0.0474. The number of benzene rings is 1. The normalized spacial score (nSPS) is 15.7. The summed E-state index contributed by atoms with van der Waals surface area (Å²) < 4.78 is 1.22. The summed E-state index contributed by atoms with van der Waals surface area (Å²) in [5.74, 6) is 0.363. The zero-order chi connectivity index (χ0) is 17.4. The van der Waals surface area contributed by atoms with E-state index in [0.717, 1.165) is 18.4 Å². The molecule has 1 amide bonds. The minimum atomic E-state index is -0.0474. The third-order valence-corrected chi connectivity index (χ3v) is 6.37. The lowest BCUT2D eigenvalue weighted by atomic mass is 9.97. The molecular formula is C18H15Cl2N3OS. The molecular weight excluding hydrogens is 377 g/mol. The molecule has 3 heterocycles. The number of hydrogen-bond acceptors (Lipinski definition) is 4. The standard InChI is InChI=1S/C18H15Cl2N3OS/c19-13-9-12(10-21-16(13)20)18(24)23-7-5-11(6-8-23)17-22-14-3-1-2-4-15(14)25-17/h1-4,9-11H,5-8H2. The number of likely N-dealkylation sites (tertiary alicyclic amines) is 1. The highest BCUT2D eigenvalue weighted by Gasteiger charge is 2.26. The Balaban J connectivity index is 1.45. The first-order valence-electron chi connectivity index (χ1n) is 8.07. The number of amides is 1. The molecule has 0 saturated carbocycles. The molecule has 1 aliphatic rings. The molecule has 2 aromatic heterocycles. The number of rotatable bonds is 2. The van der Waals surface area contributed by atoms with E-state index in [4.69, 9.17) is 28.2 Å². The summed E-state index contributed by atoms with van der Waals surface area (Å²) in [6.45, 7) is 1.42. The highest BCUT2D eigenvalue weighted by atomic mass is 35.5. The van der Waals surface area contributed by atoms with Crippen LogP contribution in [-0.2, 0) is 0 Å². The van der Waals surface area contributed by atoms with E-state index in [9.17, 15) is 4.79 Å². The summed E-state index contributed by atoms with van der Waals surface area (Å²) in [7, 11) is 0. The summed E-state index contributed by atoms with van der Waals surface area (Å²) in [4.78, 5) is 23.2. The van der Waals surface area contributed by atoms with E-state index in [0.29, 0.717) is 29.6 Å². The summed E-state index contributed by atoms with van der Waals surface area (Å²) in [6, 6.07) is 9.78. The van der Waals surface area contributed by atoms with Gasteiger partial charge in [-0.3, -0.25) is 4.79 Å². The van der Waals surface area contributed by atoms with Crippen LogP contribution in [0.25, 0.3) is 10.2 Å². The van der Waals surface area contributed by atoms with Gasteiger partial charge in [0.15, 0.2) is 0 Å². The summed E-state index contributed by atoms with van der Waals surface area (Å²) in [6.07, 6.45) is 3.32. The maximum Gasteiger partial charge on any atom is 0.255 e. The average Bonchev–Trinajstić information content (AvgIpc) is 3.08. The molecule has 3 aromatic rings. The average molecular weight is 392 g/mol. The second kappa shape index (κ2) is 6.90. The predicted octanol–water partition coefficient (Wildman–Crippen LogP) is 5.02. The van der Waals surface area contributed by atoms with E-state index in [2.05, 4.69) is 11.1 Å². The Morgan fingerprint density at radius 1 is 1.20 bits per heavy atom. The zero-order valence-corrected chi connectivity index (χ0v) is 15.6. The summed E-state index contributed by atoms with van der Waals surface area (Å²) in [5.41, 5.74) is 1.54. The van der Waals surface area contributed by atoms with Gasteiger partial charge in [-0.25, -0.2) is 9.97 Å². The summed E-state index contributed by atoms with van der Waals surface area (Å²) in [5, 5.41) is 1.69. The summed E-state index contributed by atoms with van der Waals surface area (Å²) >= 11 is 13.5. The van der Waals surface area contributed by atoms with Crippen LogP contribution in [0.5, 0.6) is 0 Å². The fourth-order valence-corrected chi connectivity index (χ4v) is 4.52. The molecule has 7 heteroatoms. The lowest BCUT2D eigenvalue weighted by molar-refractivity contribution is 0.0712. The van der Waals surface area contributed by atoms with Gasteiger partial charge < -0.3 is 4.90 Å². The van der Waals surface area contributed by atoms with Crippen LogP contribution < -0.4 is 0 Å². The molecule has 4 rings (SSSR count). The molecule has 0 unspecified atom stereocenters. The molecule has 25 heavy (non-hydrogen) atoms. The molecule has 0 aliphatic carbocycles. The van der Waals surface area contributed by atoms with Crippen molar-refractivity contribution in [2.75, 3.05) is 13.1 Å². The topological polar surface area (TPSA) is 46.1 Å². The maximum atomic E-state index is 12.6. The number of pyridine rings is 1. The third kappa shape index (κ3) is 3.36. The first kappa shape index (κ1) is 16.8. The van der Waals surface area contributed by atoms with Crippen molar-refractivity contribution in [2.24, 2.45) is 0 Å². The molecule has 1 saturated heterocycles. The van der Waals surface area contributed by atoms with Crippen LogP contribution in [-0.4, -0.2) is 33.9 Å². The molecule has 4 nitrogen and oxygen atoms in total.